The number of aromatic nitrogens is 1. The highest BCUT2D eigenvalue weighted by Gasteiger charge is 2.18. The average molecular weight is 276 g/mol. The van der Waals surface area contributed by atoms with Crippen molar-refractivity contribution < 1.29 is 0 Å². The molecule has 96 valence electrons. The Hall–Kier alpha value is -0.350. The number of nitrogens with two attached hydrogens (primary N) is 1. The molecule has 0 amide bonds. The average Bonchev–Trinajstić information content (AvgIpc) is 2.21. The van der Waals surface area contributed by atoms with E-state index in [4.69, 9.17) is 28.9 Å². The van der Waals surface area contributed by atoms with E-state index in [9.17, 15) is 0 Å². The van der Waals surface area contributed by atoms with Crippen LogP contribution in [0.1, 0.15) is 19.4 Å². The van der Waals surface area contributed by atoms with Crippen LogP contribution in [0.3, 0.4) is 0 Å². The SMILES string of the molecule is CN(Cc1ccc(Cl)nc1Cl)CC(C)(C)CN. The number of hydrogen-bond acceptors (Lipinski definition) is 3. The zero-order valence-corrected chi connectivity index (χ0v) is 12.0. The molecule has 0 unspecified atom stereocenters. The summed E-state index contributed by atoms with van der Waals surface area (Å²) in [5, 5.41) is 0.888. The molecule has 5 heteroatoms. The van der Waals surface area contributed by atoms with Gasteiger partial charge in [0, 0.05) is 18.7 Å². The zero-order chi connectivity index (χ0) is 13.1. The molecule has 1 aromatic rings. The second kappa shape index (κ2) is 6.01. The summed E-state index contributed by atoms with van der Waals surface area (Å²) in [6, 6.07) is 3.66. The second-order valence-electron chi connectivity index (χ2n) is 5.12. The van der Waals surface area contributed by atoms with Crippen LogP contribution in [0.5, 0.6) is 0 Å². The lowest BCUT2D eigenvalue weighted by Gasteiger charge is -2.29. The zero-order valence-electron chi connectivity index (χ0n) is 10.5. The van der Waals surface area contributed by atoms with Crippen molar-refractivity contribution in [3.8, 4) is 0 Å². The Morgan fingerprint density at radius 3 is 2.53 bits per heavy atom. The van der Waals surface area contributed by atoms with Crippen molar-refractivity contribution >= 4 is 23.2 Å². The van der Waals surface area contributed by atoms with E-state index in [-0.39, 0.29) is 5.41 Å². The van der Waals surface area contributed by atoms with Gasteiger partial charge in [-0.1, -0.05) is 43.1 Å². The molecule has 0 aliphatic heterocycles. The normalized spacial score (nSPS) is 12.2. The fraction of sp³-hybridized carbons (Fsp3) is 0.583. The first kappa shape index (κ1) is 14.7. The third kappa shape index (κ3) is 4.80. The van der Waals surface area contributed by atoms with Crippen molar-refractivity contribution in [3.05, 3.63) is 28.0 Å². The van der Waals surface area contributed by atoms with Gasteiger partial charge in [0.25, 0.3) is 0 Å². The maximum Gasteiger partial charge on any atom is 0.135 e. The number of hydrogen-bond donors (Lipinski definition) is 1. The van der Waals surface area contributed by atoms with Gasteiger partial charge < -0.3 is 10.6 Å². The minimum Gasteiger partial charge on any atom is -0.330 e. The van der Waals surface area contributed by atoms with Crippen LogP contribution in [0, 0.1) is 5.41 Å². The molecule has 1 aromatic heterocycles. The van der Waals surface area contributed by atoms with Crippen LogP contribution in [-0.4, -0.2) is 30.0 Å². The lowest BCUT2D eigenvalue weighted by atomic mass is 9.93. The van der Waals surface area contributed by atoms with Gasteiger partial charge in [-0.25, -0.2) is 4.98 Å². The first-order valence-electron chi connectivity index (χ1n) is 5.53. The van der Waals surface area contributed by atoms with Crippen molar-refractivity contribution in [1.82, 2.24) is 9.88 Å². The minimum absolute atomic E-state index is 0.0983. The predicted octanol–water partition coefficient (Wildman–Crippen LogP) is 2.81. The van der Waals surface area contributed by atoms with E-state index in [2.05, 4.69) is 23.7 Å². The van der Waals surface area contributed by atoms with Crippen LogP contribution < -0.4 is 5.73 Å². The summed E-state index contributed by atoms with van der Waals surface area (Å²) < 4.78 is 0. The smallest absolute Gasteiger partial charge is 0.135 e. The van der Waals surface area contributed by atoms with E-state index in [1.807, 2.05) is 13.1 Å². The second-order valence-corrected chi connectivity index (χ2v) is 5.87. The molecule has 0 atom stereocenters. The monoisotopic (exact) mass is 275 g/mol. The van der Waals surface area contributed by atoms with Crippen LogP contribution in [0.4, 0.5) is 0 Å². The van der Waals surface area contributed by atoms with Crippen molar-refractivity contribution in [2.24, 2.45) is 11.1 Å². The van der Waals surface area contributed by atoms with Gasteiger partial charge in [-0.05, 0) is 25.1 Å². The van der Waals surface area contributed by atoms with Gasteiger partial charge in [-0.3, -0.25) is 0 Å². The highest BCUT2D eigenvalue weighted by Crippen LogP contribution is 2.20. The fourth-order valence-corrected chi connectivity index (χ4v) is 2.11. The maximum absolute atomic E-state index is 6.03. The molecule has 0 saturated heterocycles. The quantitative estimate of drug-likeness (QED) is 0.841. The van der Waals surface area contributed by atoms with Crippen molar-refractivity contribution in [2.45, 2.75) is 20.4 Å². The standard InChI is InChI=1S/C12H19Cl2N3/c1-12(2,7-15)8-17(3)6-9-4-5-10(13)16-11(9)14/h4-5H,6-8,15H2,1-3H3. The van der Waals surface area contributed by atoms with Gasteiger partial charge in [0.15, 0.2) is 0 Å². The Labute approximate surface area is 113 Å². The summed E-state index contributed by atoms with van der Waals surface area (Å²) in [6.45, 7) is 6.59. The van der Waals surface area contributed by atoms with E-state index >= 15 is 0 Å². The van der Waals surface area contributed by atoms with Crippen LogP contribution in [-0.2, 0) is 6.54 Å². The molecular formula is C12H19Cl2N3. The van der Waals surface area contributed by atoms with E-state index < -0.39 is 0 Å². The molecule has 2 N–H and O–H groups in total. The van der Waals surface area contributed by atoms with Crippen molar-refractivity contribution in [2.75, 3.05) is 20.1 Å². The van der Waals surface area contributed by atoms with Crippen LogP contribution in [0.2, 0.25) is 10.3 Å². The Morgan fingerprint density at radius 2 is 2.00 bits per heavy atom. The lowest BCUT2D eigenvalue weighted by molar-refractivity contribution is 0.210. The molecule has 0 radical (unpaired) electrons. The van der Waals surface area contributed by atoms with Gasteiger partial charge in [0.05, 0.1) is 0 Å². The summed E-state index contributed by atoms with van der Waals surface area (Å²) in [7, 11) is 2.04. The van der Waals surface area contributed by atoms with Gasteiger partial charge >= 0.3 is 0 Å². The molecule has 1 heterocycles. The van der Waals surface area contributed by atoms with Crippen molar-refractivity contribution in [1.29, 1.82) is 0 Å². The van der Waals surface area contributed by atoms with E-state index in [1.54, 1.807) is 6.07 Å². The molecular weight excluding hydrogens is 257 g/mol. The van der Waals surface area contributed by atoms with Gasteiger partial charge in [0.1, 0.15) is 10.3 Å². The summed E-state index contributed by atoms with van der Waals surface area (Å²) in [5.41, 5.74) is 6.79. The summed E-state index contributed by atoms with van der Waals surface area (Å²) in [4.78, 5) is 6.21. The first-order valence-corrected chi connectivity index (χ1v) is 6.29. The molecule has 0 fully saturated rings. The Kier molecular flexibility index (Phi) is 5.20. The third-order valence-electron chi connectivity index (χ3n) is 2.58. The molecule has 0 aliphatic rings. The van der Waals surface area contributed by atoms with Gasteiger partial charge in [-0.2, -0.15) is 0 Å². The van der Waals surface area contributed by atoms with Gasteiger partial charge in [0.2, 0.25) is 0 Å². The highest BCUT2D eigenvalue weighted by atomic mass is 35.5. The molecule has 0 spiro atoms. The Morgan fingerprint density at radius 1 is 1.35 bits per heavy atom. The van der Waals surface area contributed by atoms with Gasteiger partial charge in [-0.15, -0.1) is 0 Å². The maximum atomic E-state index is 6.03. The predicted molar refractivity (Wildman–Crippen MR) is 73.4 cm³/mol. The fourth-order valence-electron chi connectivity index (χ4n) is 1.70. The molecule has 1 rings (SSSR count). The number of halogens is 2. The Balaban J connectivity index is 2.65. The molecule has 0 aliphatic carbocycles. The summed E-state index contributed by atoms with van der Waals surface area (Å²) >= 11 is 11.8. The van der Waals surface area contributed by atoms with E-state index in [0.29, 0.717) is 16.9 Å². The van der Waals surface area contributed by atoms with E-state index in [0.717, 1.165) is 18.7 Å². The molecule has 3 nitrogen and oxygen atoms in total. The summed E-state index contributed by atoms with van der Waals surface area (Å²) in [6.07, 6.45) is 0. The van der Waals surface area contributed by atoms with Crippen LogP contribution in [0.25, 0.3) is 0 Å². The van der Waals surface area contributed by atoms with E-state index in [1.165, 1.54) is 0 Å². The number of rotatable bonds is 5. The van der Waals surface area contributed by atoms with Crippen LogP contribution in [0.15, 0.2) is 12.1 Å². The topological polar surface area (TPSA) is 42.2 Å². The lowest BCUT2D eigenvalue weighted by Crippen LogP contribution is -2.36. The molecule has 0 saturated carbocycles. The number of nitrogens with zero attached hydrogens (tertiary/aromatic N) is 2. The minimum atomic E-state index is 0.0983. The Bertz CT molecular complexity index is 380. The summed E-state index contributed by atoms with van der Waals surface area (Å²) in [5.74, 6) is 0. The van der Waals surface area contributed by atoms with Crippen molar-refractivity contribution in [3.63, 3.8) is 0 Å². The first-order chi connectivity index (χ1) is 7.84. The third-order valence-corrected chi connectivity index (χ3v) is 3.12. The molecule has 0 bridgehead atoms. The molecule has 0 aromatic carbocycles. The van der Waals surface area contributed by atoms with Crippen LogP contribution >= 0.6 is 23.2 Å². The molecule has 17 heavy (non-hydrogen) atoms. The highest BCUT2D eigenvalue weighted by molar-refractivity contribution is 6.32. The largest absolute Gasteiger partial charge is 0.330 e. The number of pyridine rings is 1.